The van der Waals surface area contributed by atoms with E-state index in [1.165, 1.54) is 0 Å². The molecule has 1 saturated carbocycles. The minimum Gasteiger partial charge on any atom is -0.497 e. The predicted octanol–water partition coefficient (Wildman–Crippen LogP) is 2.51. The monoisotopic (exact) mass is 369 g/mol. The summed E-state index contributed by atoms with van der Waals surface area (Å²) in [6.45, 7) is 0.870. The number of hydrogen-bond donors (Lipinski definition) is 2. The first-order valence-corrected chi connectivity index (χ1v) is 9.28. The van der Waals surface area contributed by atoms with Gasteiger partial charge in [0.1, 0.15) is 5.75 Å². The third kappa shape index (κ3) is 2.87. The molecule has 0 bridgehead atoms. The Labute approximate surface area is 157 Å². The number of ether oxygens (including phenoxy) is 1. The van der Waals surface area contributed by atoms with Crippen LogP contribution in [0.15, 0.2) is 24.3 Å². The van der Waals surface area contributed by atoms with Crippen LogP contribution in [-0.4, -0.2) is 45.7 Å². The SMILES string of the molecule is COc1ccc(C2(C(=O)N3CCc4[nH]nc(C(=O)O)c4C3)CCCC2)cc1. The van der Waals surface area contributed by atoms with Crippen molar-refractivity contribution < 1.29 is 19.4 Å². The zero-order valence-corrected chi connectivity index (χ0v) is 15.3. The molecule has 2 aromatic rings. The molecule has 0 saturated heterocycles. The fourth-order valence-electron chi connectivity index (χ4n) is 4.46. The molecule has 1 aromatic carbocycles. The quantitative estimate of drug-likeness (QED) is 0.863. The van der Waals surface area contributed by atoms with E-state index in [-0.39, 0.29) is 11.6 Å². The van der Waals surface area contributed by atoms with Crippen molar-refractivity contribution in [3.05, 3.63) is 46.8 Å². The summed E-state index contributed by atoms with van der Waals surface area (Å²) >= 11 is 0. The zero-order valence-electron chi connectivity index (χ0n) is 15.3. The minimum atomic E-state index is -1.06. The van der Waals surface area contributed by atoms with Gasteiger partial charge in [0, 0.05) is 30.8 Å². The van der Waals surface area contributed by atoms with E-state index >= 15 is 0 Å². The summed E-state index contributed by atoms with van der Waals surface area (Å²) < 4.78 is 5.25. The van der Waals surface area contributed by atoms with Crippen molar-refractivity contribution in [3.8, 4) is 5.75 Å². The van der Waals surface area contributed by atoms with Gasteiger partial charge in [-0.3, -0.25) is 9.89 Å². The zero-order chi connectivity index (χ0) is 19.0. The molecule has 142 valence electrons. The van der Waals surface area contributed by atoms with Gasteiger partial charge in [-0.1, -0.05) is 25.0 Å². The van der Waals surface area contributed by atoms with E-state index in [1.54, 1.807) is 12.0 Å². The number of aromatic amines is 1. The Balaban J connectivity index is 1.65. The number of methoxy groups -OCH3 is 1. The number of fused-ring (bicyclic) bond motifs is 1. The number of nitrogens with one attached hydrogen (secondary N) is 1. The van der Waals surface area contributed by atoms with Gasteiger partial charge < -0.3 is 14.7 Å². The summed E-state index contributed by atoms with van der Waals surface area (Å²) in [5, 5.41) is 16.1. The predicted molar refractivity (Wildman–Crippen MR) is 97.8 cm³/mol. The maximum atomic E-state index is 13.6. The molecule has 0 radical (unpaired) electrons. The van der Waals surface area contributed by atoms with Crippen LogP contribution in [0.4, 0.5) is 0 Å². The first-order valence-electron chi connectivity index (χ1n) is 9.28. The fraction of sp³-hybridized carbons (Fsp3) is 0.450. The van der Waals surface area contributed by atoms with Crippen molar-refractivity contribution in [1.82, 2.24) is 15.1 Å². The third-order valence-electron chi connectivity index (χ3n) is 5.93. The van der Waals surface area contributed by atoms with E-state index in [4.69, 9.17) is 4.74 Å². The standard InChI is InChI=1S/C20H23N3O4/c1-27-14-6-4-13(5-7-14)20(9-2-3-10-20)19(26)23-11-8-16-15(12-23)17(18(24)25)22-21-16/h4-7H,2-3,8-12H2,1H3,(H,21,22)(H,24,25). The average molecular weight is 369 g/mol. The molecule has 7 nitrogen and oxygen atoms in total. The van der Waals surface area contributed by atoms with Gasteiger partial charge in [-0.05, 0) is 30.5 Å². The molecule has 2 N–H and O–H groups in total. The van der Waals surface area contributed by atoms with Crippen molar-refractivity contribution in [1.29, 1.82) is 0 Å². The van der Waals surface area contributed by atoms with Gasteiger partial charge in [-0.2, -0.15) is 5.10 Å². The summed E-state index contributed by atoms with van der Waals surface area (Å²) in [4.78, 5) is 26.8. The highest BCUT2D eigenvalue weighted by molar-refractivity contribution is 5.90. The summed E-state index contributed by atoms with van der Waals surface area (Å²) in [6.07, 6.45) is 4.27. The van der Waals surface area contributed by atoms with Gasteiger partial charge in [-0.25, -0.2) is 4.79 Å². The minimum absolute atomic E-state index is 0.0208. The van der Waals surface area contributed by atoms with Crippen LogP contribution in [0.25, 0.3) is 0 Å². The van der Waals surface area contributed by atoms with Crippen molar-refractivity contribution in [2.45, 2.75) is 44.1 Å². The fourth-order valence-corrected chi connectivity index (χ4v) is 4.46. The third-order valence-corrected chi connectivity index (χ3v) is 5.93. The molecule has 0 spiro atoms. The number of carboxylic acids is 1. The van der Waals surface area contributed by atoms with Crippen LogP contribution >= 0.6 is 0 Å². The molecule has 4 rings (SSSR count). The lowest BCUT2D eigenvalue weighted by Crippen LogP contribution is -2.47. The highest BCUT2D eigenvalue weighted by atomic mass is 16.5. The molecule has 0 atom stereocenters. The van der Waals surface area contributed by atoms with E-state index in [0.29, 0.717) is 25.1 Å². The Morgan fingerprint density at radius 2 is 1.93 bits per heavy atom. The van der Waals surface area contributed by atoms with Crippen LogP contribution in [0.5, 0.6) is 5.75 Å². The van der Waals surface area contributed by atoms with Crippen molar-refractivity contribution in [3.63, 3.8) is 0 Å². The Hall–Kier alpha value is -2.83. The lowest BCUT2D eigenvalue weighted by atomic mass is 9.77. The molecule has 1 aliphatic carbocycles. The van der Waals surface area contributed by atoms with Crippen LogP contribution in [0.1, 0.15) is 53.0 Å². The van der Waals surface area contributed by atoms with E-state index < -0.39 is 11.4 Å². The molecule has 1 amide bonds. The first-order chi connectivity index (χ1) is 13.0. The number of benzene rings is 1. The first kappa shape index (κ1) is 17.6. The van der Waals surface area contributed by atoms with Crippen LogP contribution < -0.4 is 4.74 Å². The Morgan fingerprint density at radius 1 is 1.22 bits per heavy atom. The number of amides is 1. The number of carbonyl (C=O) groups is 2. The molecule has 0 unspecified atom stereocenters. The summed E-state index contributed by atoms with van der Waals surface area (Å²) in [5.74, 6) is -0.202. The molecular weight excluding hydrogens is 346 g/mol. The number of carboxylic acid groups (broad SMARTS) is 1. The van der Waals surface area contributed by atoms with Crippen molar-refractivity contribution in [2.75, 3.05) is 13.7 Å². The van der Waals surface area contributed by atoms with E-state index in [0.717, 1.165) is 42.7 Å². The highest BCUT2D eigenvalue weighted by Crippen LogP contribution is 2.43. The van der Waals surface area contributed by atoms with E-state index in [2.05, 4.69) is 10.2 Å². The van der Waals surface area contributed by atoms with Gasteiger partial charge in [0.2, 0.25) is 5.91 Å². The smallest absolute Gasteiger partial charge is 0.356 e. The number of H-pyrrole nitrogens is 1. The van der Waals surface area contributed by atoms with E-state index in [1.807, 2.05) is 24.3 Å². The number of hydrogen-bond acceptors (Lipinski definition) is 4. The van der Waals surface area contributed by atoms with E-state index in [9.17, 15) is 14.7 Å². The van der Waals surface area contributed by atoms with Gasteiger partial charge in [0.15, 0.2) is 5.69 Å². The molecule has 1 aliphatic heterocycles. The van der Waals surface area contributed by atoms with Gasteiger partial charge in [0.25, 0.3) is 0 Å². The molecular formula is C20H23N3O4. The van der Waals surface area contributed by atoms with Gasteiger partial charge in [-0.15, -0.1) is 0 Å². The molecule has 2 aliphatic rings. The van der Waals surface area contributed by atoms with Gasteiger partial charge in [0.05, 0.1) is 12.5 Å². The van der Waals surface area contributed by atoms with Crippen molar-refractivity contribution in [2.24, 2.45) is 0 Å². The van der Waals surface area contributed by atoms with Crippen LogP contribution in [-0.2, 0) is 23.2 Å². The largest absolute Gasteiger partial charge is 0.497 e. The molecule has 2 heterocycles. The molecule has 7 heteroatoms. The van der Waals surface area contributed by atoms with Gasteiger partial charge >= 0.3 is 5.97 Å². The Bertz CT molecular complexity index is 866. The number of nitrogens with zero attached hydrogens (tertiary/aromatic N) is 2. The number of aromatic nitrogens is 2. The second-order valence-corrected chi connectivity index (χ2v) is 7.33. The lowest BCUT2D eigenvalue weighted by Gasteiger charge is -2.36. The number of rotatable bonds is 4. The average Bonchev–Trinajstić information content (AvgIpc) is 3.35. The molecule has 1 fully saturated rings. The highest BCUT2D eigenvalue weighted by Gasteiger charge is 2.45. The number of aromatic carboxylic acids is 1. The second-order valence-electron chi connectivity index (χ2n) is 7.33. The topological polar surface area (TPSA) is 95.5 Å². The van der Waals surface area contributed by atoms with Crippen LogP contribution in [0.2, 0.25) is 0 Å². The second kappa shape index (κ2) is 6.72. The van der Waals surface area contributed by atoms with Crippen LogP contribution in [0.3, 0.4) is 0 Å². The maximum Gasteiger partial charge on any atom is 0.356 e. The number of carbonyl (C=O) groups excluding carboxylic acids is 1. The maximum absolute atomic E-state index is 13.6. The Morgan fingerprint density at radius 3 is 2.56 bits per heavy atom. The lowest BCUT2D eigenvalue weighted by molar-refractivity contribution is -0.138. The van der Waals surface area contributed by atoms with Crippen molar-refractivity contribution >= 4 is 11.9 Å². The summed E-state index contributed by atoms with van der Waals surface area (Å²) in [7, 11) is 1.63. The molecule has 27 heavy (non-hydrogen) atoms. The van der Waals surface area contributed by atoms with Crippen LogP contribution in [0, 0.1) is 0 Å². The summed E-state index contributed by atoms with van der Waals surface area (Å²) in [6, 6.07) is 7.76. The molecule has 1 aromatic heterocycles. The normalized spacial score (nSPS) is 18.2. The Kier molecular flexibility index (Phi) is 4.37. The summed E-state index contributed by atoms with van der Waals surface area (Å²) in [5.41, 5.74) is 1.96.